The van der Waals surface area contributed by atoms with Gasteiger partial charge < -0.3 is 20.7 Å². The Morgan fingerprint density at radius 1 is 1.27 bits per heavy atom. The van der Waals surface area contributed by atoms with Crippen LogP contribution in [0.4, 0.5) is 13.2 Å². The molecule has 0 fully saturated rings. The Bertz CT molecular complexity index is 700. The molecule has 2 aromatic rings. The van der Waals surface area contributed by atoms with Crippen molar-refractivity contribution in [3.05, 3.63) is 52.2 Å². The summed E-state index contributed by atoms with van der Waals surface area (Å²) in [5.41, 5.74) is 6.62. The standard InChI is InChI=1S/C17H21F3N4OS/c1-24(2)14(15-4-3-9-26-15)11-23-16(21)22-10-12-5-7-13(8-6-12)25-17(18,19)20/h3-9,14H,10-11H2,1-2H3,(H3,21,22,23). The van der Waals surface area contributed by atoms with Crippen LogP contribution in [0.2, 0.25) is 0 Å². The highest BCUT2D eigenvalue weighted by Crippen LogP contribution is 2.23. The van der Waals surface area contributed by atoms with Crippen molar-refractivity contribution in [1.82, 2.24) is 10.2 Å². The number of aliphatic imine (C=N–C) groups is 1. The maximum atomic E-state index is 12.1. The molecule has 1 aromatic carbocycles. The summed E-state index contributed by atoms with van der Waals surface area (Å²) in [7, 11) is 3.98. The summed E-state index contributed by atoms with van der Waals surface area (Å²) in [5.74, 6) is 0.0186. The summed E-state index contributed by atoms with van der Waals surface area (Å²) in [6, 6.07) is 9.78. The van der Waals surface area contributed by atoms with Crippen LogP contribution < -0.4 is 15.8 Å². The molecule has 0 bridgehead atoms. The molecule has 3 N–H and O–H groups in total. The summed E-state index contributed by atoms with van der Waals surface area (Å²) in [6.07, 6.45) is -4.69. The number of halogens is 3. The number of nitrogens with two attached hydrogens (primary N) is 1. The molecule has 0 spiro atoms. The highest BCUT2D eigenvalue weighted by atomic mass is 32.1. The Morgan fingerprint density at radius 3 is 2.50 bits per heavy atom. The molecule has 1 heterocycles. The highest BCUT2D eigenvalue weighted by Gasteiger charge is 2.30. The number of hydrogen-bond acceptors (Lipinski definition) is 4. The zero-order valence-electron chi connectivity index (χ0n) is 14.5. The number of nitrogens with zero attached hydrogens (tertiary/aromatic N) is 2. The molecule has 142 valence electrons. The van der Waals surface area contributed by atoms with Gasteiger partial charge in [0.25, 0.3) is 0 Å². The van der Waals surface area contributed by atoms with Gasteiger partial charge >= 0.3 is 6.36 Å². The van der Waals surface area contributed by atoms with Crippen molar-refractivity contribution in [2.45, 2.75) is 18.9 Å². The van der Waals surface area contributed by atoms with E-state index in [0.29, 0.717) is 6.54 Å². The van der Waals surface area contributed by atoms with Gasteiger partial charge in [0.15, 0.2) is 5.96 Å². The van der Waals surface area contributed by atoms with Gasteiger partial charge in [-0.3, -0.25) is 0 Å². The van der Waals surface area contributed by atoms with Gasteiger partial charge in [-0.05, 0) is 43.2 Å². The van der Waals surface area contributed by atoms with E-state index in [2.05, 4.69) is 26.0 Å². The summed E-state index contributed by atoms with van der Waals surface area (Å²) in [6.45, 7) is 0.859. The number of ether oxygens (including phenoxy) is 1. The smallest absolute Gasteiger partial charge is 0.406 e. The first kappa shape index (κ1) is 20.1. The minimum Gasteiger partial charge on any atom is -0.406 e. The lowest BCUT2D eigenvalue weighted by Gasteiger charge is -2.23. The van der Waals surface area contributed by atoms with Crippen molar-refractivity contribution in [3.8, 4) is 5.75 Å². The summed E-state index contributed by atoms with van der Waals surface area (Å²) < 4.78 is 40.2. The van der Waals surface area contributed by atoms with Gasteiger partial charge in [0, 0.05) is 11.4 Å². The number of rotatable bonds is 7. The monoisotopic (exact) mass is 386 g/mol. The average molecular weight is 386 g/mol. The number of hydrogen-bond donors (Lipinski definition) is 2. The van der Waals surface area contributed by atoms with Crippen LogP contribution >= 0.6 is 11.3 Å². The number of benzene rings is 1. The zero-order valence-corrected chi connectivity index (χ0v) is 15.3. The van der Waals surface area contributed by atoms with E-state index >= 15 is 0 Å². The second-order valence-corrected chi connectivity index (χ2v) is 6.75. The fourth-order valence-electron chi connectivity index (χ4n) is 2.25. The molecule has 2 rings (SSSR count). The van der Waals surface area contributed by atoms with Crippen LogP contribution in [0.5, 0.6) is 5.75 Å². The first-order valence-corrected chi connectivity index (χ1v) is 8.71. The Kier molecular flexibility index (Phi) is 6.87. The maximum absolute atomic E-state index is 12.1. The van der Waals surface area contributed by atoms with Gasteiger partial charge in [-0.15, -0.1) is 24.5 Å². The Hall–Kier alpha value is -2.26. The average Bonchev–Trinajstić information content (AvgIpc) is 3.07. The highest BCUT2D eigenvalue weighted by molar-refractivity contribution is 7.10. The van der Waals surface area contributed by atoms with Crippen molar-refractivity contribution in [2.75, 3.05) is 20.6 Å². The molecule has 0 aliphatic rings. The van der Waals surface area contributed by atoms with Crippen LogP contribution in [0.1, 0.15) is 16.5 Å². The third-order valence-electron chi connectivity index (χ3n) is 3.56. The van der Waals surface area contributed by atoms with E-state index in [-0.39, 0.29) is 24.3 Å². The molecule has 0 saturated heterocycles. The molecule has 0 amide bonds. The second kappa shape index (κ2) is 8.91. The van der Waals surface area contributed by atoms with Crippen LogP contribution in [0.15, 0.2) is 46.8 Å². The van der Waals surface area contributed by atoms with E-state index in [1.807, 2.05) is 25.5 Å². The molecule has 1 unspecified atom stereocenters. The van der Waals surface area contributed by atoms with E-state index < -0.39 is 6.36 Å². The minimum atomic E-state index is -4.69. The van der Waals surface area contributed by atoms with E-state index in [1.165, 1.54) is 29.1 Å². The van der Waals surface area contributed by atoms with Crippen LogP contribution in [-0.4, -0.2) is 37.9 Å². The van der Waals surface area contributed by atoms with Gasteiger partial charge in [-0.1, -0.05) is 18.2 Å². The molecule has 5 nitrogen and oxygen atoms in total. The van der Waals surface area contributed by atoms with Gasteiger partial charge in [0.1, 0.15) is 5.75 Å². The number of thiophene rings is 1. The minimum absolute atomic E-state index is 0.169. The van der Waals surface area contributed by atoms with Crippen molar-refractivity contribution >= 4 is 17.3 Å². The largest absolute Gasteiger partial charge is 0.573 e. The fourth-order valence-corrected chi connectivity index (χ4v) is 3.17. The van der Waals surface area contributed by atoms with Gasteiger partial charge in [-0.25, -0.2) is 4.99 Å². The van der Waals surface area contributed by atoms with E-state index in [1.54, 1.807) is 11.3 Å². The van der Waals surface area contributed by atoms with Crippen LogP contribution in [-0.2, 0) is 6.54 Å². The number of nitrogens with one attached hydrogen (secondary N) is 1. The predicted octanol–water partition coefficient (Wildman–Crippen LogP) is 3.35. The summed E-state index contributed by atoms with van der Waals surface area (Å²) >= 11 is 1.67. The van der Waals surface area contributed by atoms with Gasteiger partial charge in [-0.2, -0.15) is 0 Å². The molecule has 1 atom stereocenters. The van der Waals surface area contributed by atoms with E-state index in [9.17, 15) is 13.2 Å². The molecule has 0 saturated carbocycles. The molecule has 0 radical (unpaired) electrons. The molecule has 0 aliphatic carbocycles. The number of guanidine groups is 1. The molecule has 9 heteroatoms. The van der Waals surface area contributed by atoms with Crippen molar-refractivity contribution in [1.29, 1.82) is 0 Å². The normalized spacial score (nSPS) is 13.7. The molecular formula is C17H21F3N4OS. The molecular weight excluding hydrogens is 365 g/mol. The number of likely N-dealkylation sites (N-methyl/N-ethyl adjacent to an activating group) is 1. The Morgan fingerprint density at radius 2 is 1.96 bits per heavy atom. The van der Waals surface area contributed by atoms with Crippen LogP contribution in [0, 0.1) is 0 Å². The van der Waals surface area contributed by atoms with E-state index in [4.69, 9.17) is 5.73 Å². The van der Waals surface area contributed by atoms with Crippen LogP contribution in [0.25, 0.3) is 0 Å². The lowest BCUT2D eigenvalue weighted by atomic mass is 10.2. The second-order valence-electron chi connectivity index (χ2n) is 5.77. The first-order chi connectivity index (χ1) is 12.2. The van der Waals surface area contributed by atoms with Crippen molar-refractivity contribution in [2.24, 2.45) is 10.7 Å². The van der Waals surface area contributed by atoms with Gasteiger partial charge in [0.2, 0.25) is 0 Å². The topological polar surface area (TPSA) is 62.9 Å². The fraction of sp³-hybridized carbons (Fsp3) is 0.353. The van der Waals surface area contributed by atoms with Crippen molar-refractivity contribution in [3.63, 3.8) is 0 Å². The molecule has 26 heavy (non-hydrogen) atoms. The van der Waals surface area contributed by atoms with Gasteiger partial charge in [0.05, 0.1) is 12.6 Å². The zero-order chi connectivity index (χ0) is 19.2. The lowest BCUT2D eigenvalue weighted by molar-refractivity contribution is -0.274. The Balaban J connectivity index is 1.87. The summed E-state index contributed by atoms with van der Waals surface area (Å²) in [4.78, 5) is 7.52. The third kappa shape index (κ3) is 6.57. The lowest BCUT2D eigenvalue weighted by Crippen LogP contribution is -2.38. The van der Waals surface area contributed by atoms with E-state index in [0.717, 1.165) is 5.56 Å². The van der Waals surface area contributed by atoms with Crippen molar-refractivity contribution < 1.29 is 17.9 Å². The SMILES string of the molecule is CN(C)C(CNC(N)=NCc1ccc(OC(F)(F)F)cc1)c1cccs1. The first-order valence-electron chi connectivity index (χ1n) is 7.83. The van der Waals surface area contributed by atoms with Crippen LogP contribution in [0.3, 0.4) is 0 Å². The third-order valence-corrected chi connectivity index (χ3v) is 4.53. The predicted molar refractivity (Wildman–Crippen MR) is 97.2 cm³/mol. The molecule has 1 aromatic heterocycles. The Labute approximate surface area is 154 Å². The maximum Gasteiger partial charge on any atom is 0.573 e. The number of alkyl halides is 3. The molecule has 0 aliphatic heterocycles. The quantitative estimate of drug-likeness (QED) is 0.566. The summed E-state index contributed by atoms with van der Waals surface area (Å²) in [5, 5.41) is 5.11.